The molecule has 2 rings (SSSR count). The van der Waals surface area contributed by atoms with Crippen molar-refractivity contribution in [1.29, 1.82) is 0 Å². The van der Waals surface area contributed by atoms with Crippen LogP contribution in [0.5, 0.6) is 0 Å². The van der Waals surface area contributed by atoms with Crippen molar-refractivity contribution in [2.75, 3.05) is 7.05 Å². The molecule has 5 heteroatoms. The summed E-state index contributed by atoms with van der Waals surface area (Å²) in [6.07, 6.45) is 0.252. The number of likely N-dealkylation sites (N-methyl/N-ethyl adjacent to an activating group) is 1. The number of hydrogen-bond donors (Lipinski definition) is 1. The van der Waals surface area contributed by atoms with Gasteiger partial charge in [0.1, 0.15) is 11.6 Å². The number of nitrogens with zero attached hydrogens (tertiary/aromatic N) is 2. The highest BCUT2D eigenvalue weighted by molar-refractivity contribution is 5.31. The van der Waals surface area contributed by atoms with Crippen LogP contribution in [0.4, 0.5) is 8.78 Å². The van der Waals surface area contributed by atoms with Crippen LogP contribution in [0.25, 0.3) is 0 Å². The molecule has 0 aliphatic heterocycles. The molecule has 0 fully saturated rings. The van der Waals surface area contributed by atoms with Crippen molar-refractivity contribution in [3.63, 3.8) is 0 Å². The number of nitrogens with one attached hydrogen (secondary N) is 1. The Morgan fingerprint density at radius 2 is 1.85 bits per heavy atom. The first kappa shape index (κ1) is 14.7. The van der Waals surface area contributed by atoms with E-state index in [2.05, 4.69) is 10.4 Å². The summed E-state index contributed by atoms with van der Waals surface area (Å²) in [6.45, 7) is 3.86. The van der Waals surface area contributed by atoms with E-state index in [-0.39, 0.29) is 18.0 Å². The SMILES string of the molecule is CNC(Cc1c(F)cccc1F)c1c(C)nn(C)c1C. The highest BCUT2D eigenvalue weighted by atomic mass is 19.1. The molecule has 0 spiro atoms. The van der Waals surface area contributed by atoms with Crippen molar-refractivity contribution in [2.24, 2.45) is 7.05 Å². The lowest BCUT2D eigenvalue weighted by atomic mass is 9.97. The van der Waals surface area contributed by atoms with E-state index in [0.29, 0.717) is 0 Å². The minimum atomic E-state index is -0.510. The summed E-state index contributed by atoms with van der Waals surface area (Å²) in [6, 6.07) is 3.78. The van der Waals surface area contributed by atoms with Crippen LogP contribution in [0.3, 0.4) is 0 Å². The number of aromatic nitrogens is 2. The van der Waals surface area contributed by atoms with E-state index in [1.165, 1.54) is 18.2 Å². The van der Waals surface area contributed by atoms with E-state index in [1.807, 2.05) is 20.9 Å². The van der Waals surface area contributed by atoms with Crippen LogP contribution in [0.2, 0.25) is 0 Å². The van der Waals surface area contributed by atoms with Gasteiger partial charge in [0.15, 0.2) is 0 Å². The normalized spacial score (nSPS) is 12.7. The van der Waals surface area contributed by atoms with E-state index in [4.69, 9.17) is 0 Å². The number of aryl methyl sites for hydroxylation is 2. The Morgan fingerprint density at radius 3 is 2.30 bits per heavy atom. The molecule has 108 valence electrons. The Labute approximate surface area is 117 Å². The fraction of sp³-hybridized carbons (Fsp3) is 0.400. The van der Waals surface area contributed by atoms with Crippen molar-refractivity contribution in [3.8, 4) is 0 Å². The van der Waals surface area contributed by atoms with Gasteiger partial charge in [0.05, 0.1) is 5.69 Å². The molecule has 1 atom stereocenters. The Kier molecular flexibility index (Phi) is 4.18. The van der Waals surface area contributed by atoms with Gasteiger partial charge in [0.25, 0.3) is 0 Å². The zero-order valence-corrected chi connectivity index (χ0v) is 12.2. The first-order chi connectivity index (χ1) is 9.45. The summed E-state index contributed by atoms with van der Waals surface area (Å²) in [7, 11) is 3.65. The second-order valence-electron chi connectivity index (χ2n) is 4.95. The van der Waals surface area contributed by atoms with Gasteiger partial charge >= 0.3 is 0 Å². The van der Waals surface area contributed by atoms with Crippen LogP contribution in [0.1, 0.15) is 28.6 Å². The van der Waals surface area contributed by atoms with Gasteiger partial charge in [-0.2, -0.15) is 5.10 Å². The zero-order valence-electron chi connectivity index (χ0n) is 12.2. The quantitative estimate of drug-likeness (QED) is 0.932. The highest BCUT2D eigenvalue weighted by Crippen LogP contribution is 2.26. The van der Waals surface area contributed by atoms with E-state index < -0.39 is 11.6 Å². The van der Waals surface area contributed by atoms with Gasteiger partial charge in [-0.3, -0.25) is 4.68 Å². The first-order valence-electron chi connectivity index (χ1n) is 6.56. The van der Waals surface area contributed by atoms with Crippen LogP contribution < -0.4 is 5.32 Å². The Morgan fingerprint density at radius 1 is 1.25 bits per heavy atom. The molecule has 1 heterocycles. The minimum absolute atomic E-state index is 0.106. The first-order valence-corrected chi connectivity index (χ1v) is 6.56. The van der Waals surface area contributed by atoms with Crippen molar-refractivity contribution in [2.45, 2.75) is 26.3 Å². The van der Waals surface area contributed by atoms with Gasteiger partial charge in [0.2, 0.25) is 0 Å². The molecule has 1 N–H and O–H groups in total. The van der Waals surface area contributed by atoms with E-state index in [9.17, 15) is 8.78 Å². The highest BCUT2D eigenvalue weighted by Gasteiger charge is 2.22. The lowest BCUT2D eigenvalue weighted by Crippen LogP contribution is -2.21. The predicted molar refractivity (Wildman–Crippen MR) is 74.5 cm³/mol. The fourth-order valence-corrected chi connectivity index (χ4v) is 2.57. The van der Waals surface area contributed by atoms with Crippen LogP contribution in [-0.4, -0.2) is 16.8 Å². The molecular formula is C15H19F2N3. The maximum absolute atomic E-state index is 13.8. The van der Waals surface area contributed by atoms with Crippen LogP contribution >= 0.6 is 0 Å². The molecule has 0 saturated heterocycles. The van der Waals surface area contributed by atoms with E-state index >= 15 is 0 Å². The molecule has 0 bridgehead atoms. The molecule has 1 aromatic carbocycles. The summed E-state index contributed by atoms with van der Waals surface area (Å²) in [5.41, 5.74) is 2.98. The molecule has 3 nitrogen and oxygen atoms in total. The summed E-state index contributed by atoms with van der Waals surface area (Å²) in [5, 5.41) is 7.48. The third kappa shape index (κ3) is 2.58. The average Bonchev–Trinajstić information content (AvgIpc) is 2.64. The Bertz CT molecular complexity index is 600. The molecule has 0 aliphatic carbocycles. The lowest BCUT2D eigenvalue weighted by molar-refractivity contribution is 0.513. The van der Waals surface area contributed by atoms with Gasteiger partial charge in [0, 0.05) is 29.9 Å². The summed E-state index contributed by atoms with van der Waals surface area (Å²) >= 11 is 0. The van der Waals surface area contributed by atoms with Gasteiger partial charge in [-0.15, -0.1) is 0 Å². The molecule has 0 amide bonds. The molecule has 1 aromatic heterocycles. The van der Waals surface area contributed by atoms with Gasteiger partial charge in [-0.05, 0) is 39.4 Å². The van der Waals surface area contributed by atoms with E-state index in [0.717, 1.165) is 17.0 Å². The number of rotatable bonds is 4. The predicted octanol–water partition coefficient (Wildman–Crippen LogP) is 2.82. The van der Waals surface area contributed by atoms with Gasteiger partial charge in [-0.25, -0.2) is 8.78 Å². The Balaban J connectivity index is 2.39. The van der Waals surface area contributed by atoms with Gasteiger partial charge < -0.3 is 5.32 Å². The van der Waals surface area contributed by atoms with Crippen LogP contribution in [0.15, 0.2) is 18.2 Å². The molecule has 0 aliphatic rings. The van der Waals surface area contributed by atoms with Gasteiger partial charge in [-0.1, -0.05) is 6.07 Å². The van der Waals surface area contributed by atoms with Crippen LogP contribution in [0, 0.1) is 25.5 Å². The molecule has 1 unspecified atom stereocenters. The number of halogens is 2. The van der Waals surface area contributed by atoms with E-state index in [1.54, 1.807) is 11.7 Å². The summed E-state index contributed by atoms with van der Waals surface area (Å²) < 4.78 is 29.3. The summed E-state index contributed by atoms with van der Waals surface area (Å²) in [5.74, 6) is -1.02. The van der Waals surface area contributed by atoms with Crippen molar-refractivity contribution >= 4 is 0 Å². The van der Waals surface area contributed by atoms with Crippen LogP contribution in [-0.2, 0) is 13.5 Å². The topological polar surface area (TPSA) is 29.9 Å². The molecule has 2 aromatic rings. The maximum Gasteiger partial charge on any atom is 0.129 e. The van der Waals surface area contributed by atoms with Crippen molar-refractivity contribution in [1.82, 2.24) is 15.1 Å². The lowest BCUT2D eigenvalue weighted by Gasteiger charge is -2.18. The standard InChI is InChI=1S/C15H19F2N3/c1-9-15(10(2)20(4)19-9)14(18-3)8-11-12(16)6-5-7-13(11)17/h5-7,14,18H,8H2,1-4H3. The number of benzene rings is 1. The molecule has 0 radical (unpaired) electrons. The fourth-order valence-electron chi connectivity index (χ4n) is 2.57. The summed E-state index contributed by atoms with van der Waals surface area (Å²) in [4.78, 5) is 0. The molecule has 20 heavy (non-hydrogen) atoms. The average molecular weight is 279 g/mol. The monoisotopic (exact) mass is 279 g/mol. The van der Waals surface area contributed by atoms with Crippen molar-refractivity contribution < 1.29 is 8.78 Å². The maximum atomic E-state index is 13.8. The third-order valence-electron chi connectivity index (χ3n) is 3.73. The molecule has 0 saturated carbocycles. The Hall–Kier alpha value is -1.75. The number of hydrogen-bond acceptors (Lipinski definition) is 2. The smallest absolute Gasteiger partial charge is 0.129 e. The molecular weight excluding hydrogens is 260 g/mol. The second kappa shape index (κ2) is 5.71. The third-order valence-corrected chi connectivity index (χ3v) is 3.73. The largest absolute Gasteiger partial charge is 0.313 e. The van der Waals surface area contributed by atoms with Crippen molar-refractivity contribution in [3.05, 3.63) is 52.3 Å². The second-order valence-corrected chi connectivity index (χ2v) is 4.95. The zero-order chi connectivity index (χ0) is 14.9. The minimum Gasteiger partial charge on any atom is -0.313 e.